The summed E-state index contributed by atoms with van der Waals surface area (Å²) in [5.41, 5.74) is 0. The molecule has 0 aliphatic carbocycles. The van der Waals surface area contributed by atoms with Crippen LogP contribution in [0, 0.1) is 17.8 Å². The van der Waals surface area contributed by atoms with Crippen LogP contribution in [0.4, 0.5) is 0 Å². The minimum absolute atomic E-state index is 0.167. The Balaban J connectivity index is 2.21. The van der Waals surface area contributed by atoms with E-state index in [1.807, 2.05) is 6.92 Å². The first-order valence-corrected chi connectivity index (χ1v) is 5.09. The first kappa shape index (κ1) is 10.5. The SMILES string of the molecule is CC(C)CNC(=O)C(C)C1CNC1. The van der Waals surface area contributed by atoms with E-state index in [0.717, 1.165) is 19.6 Å². The summed E-state index contributed by atoms with van der Waals surface area (Å²) in [7, 11) is 0. The first-order valence-electron chi connectivity index (χ1n) is 5.09. The van der Waals surface area contributed by atoms with Crippen LogP contribution in [-0.2, 0) is 4.79 Å². The van der Waals surface area contributed by atoms with Gasteiger partial charge in [-0.1, -0.05) is 20.8 Å². The number of hydrogen-bond donors (Lipinski definition) is 2. The maximum absolute atomic E-state index is 11.5. The van der Waals surface area contributed by atoms with Gasteiger partial charge in [0.05, 0.1) is 0 Å². The van der Waals surface area contributed by atoms with E-state index < -0.39 is 0 Å². The van der Waals surface area contributed by atoms with Gasteiger partial charge < -0.3 is 10.6 Å². The standard InChI is InChI=1S/C10H20N2O/c1-7(2)4-12-10(13)8(3)9-5-11-6-9/h7-9,11H,4-6H2,1-3H3,(H,12,13). The van der Waals surface area contributed by atoms with E-state index in [2.05, 4.69) is 24.5 Å². The van der Waals surface area contributed by atoms with Crippen LogP contribution in [0.25, 0.3) is 0 Å². The van der Waals surface area contributed by atoms with E-state index in [0.29, 0.717) is 11.8 Å². The van der Waals surface area contributed by atoms with Crippen molar-refractivity contribution in [3.63, 3.8) is 0 Å². The maximum Gasteiger partial charge on any atom is 0.223 e. The Morgan fingerprint density at radius 3 is 2.46 bits per heavy atom. The third-order valence-corrected chi connectivity index (χ3v) is 2.62. The minimum Gasteiger partial charge on any atom is -0.356 e. The molecule has 1 saturated heterocycles. The summed E-state index contributed by atoms with van der Waals surface area (Å²) in [6.45, 7) is 9.02. The molecule has 3 nitrogen and oxygen atoms in total. The van der Waals surface area contributed by atoms with Crippen molar-refractivity contribution in [2.24, 2.45) is 17.8 Å². The highest BCUT2D eigenvalue weighted by molar-refractivity contribution is 5.78. The zero-order valence-corrected chi connectivity index (χ0v) is 8.76. The van der Waals surface area contributed by atoms with Gasteiger partial charge in [-0.05, 0) is 24.9 Å². The molecule has 0 saturated carbocycles. The van der Waals surface area contributed by atoms with Gasteiger partial charge in [0.25, 0.3) is 0 Å². The van der Waals surface area contributed by atoms with Gasteiger partial charge in [-0.3, -0.25) is 4.79 Å². The van der Waals surface area contributed by atoms with Crippen molar-refractivity contribution in [1.29, 1.82) is 0 Å². The zero-order chi connectivity index (χ0) is 9.84. The fourth-order valence-electron chi connectivity index (χ4n) is 1.34. The van der Waals surface area contributed by atoms with Gasteiger partial charge >= 0.3 is 0 Å². The van der Waals surface area contributed by atoms with Gasteiger partial charge in [0.2, 0.25) is 5.91 Å². The van der Waals surface area contributed by atoms with Crippen LogP contribution in [0.2, 0.25) is 0 Å². The molecule has 0 bridgehead atoms. The fraction of sp³-hybridized carbons (Fsp3) is 0.900. The Morgan fingerprint density at radius 1 is 1.46 bits per heavy atom. The van der Waals surface area contributed by atoms with Crippen molar-refractivity contribution < 1.29 is 4.79 Å². The number of nitrogens with one attached hydrogen (secondary N) is 2. The predicted octanol–water partition coefficient (Wildman–Crippen LogP) is 0.614. The molecule has 0 aromatic rings. The average Bonchev–Trinajstić information content (AvgIpc) is 1.96. The Labute approximate surface area is 80.3 Å². The Morgan fingerprint density at radius 2 is 2.08 bits per heavy atom. The van der Waals surface area contributed by atoms with E-state index in [4.69, 9.17) is 0 Å². The minimum atomic E-state index is 0.167. The molecule has 76 valence electrons. The lowest BCUT2D eigenvalue weighted by atomic mass is 9.88. The van der Waals surface area contributed by atoms with E-state index in [-0.39, 0.29) is 11.8 Å². The van der Waals surface area contributed by atoms with Crippen LogP contribution in [0.5, 0.6) is 0 Å². The second-order valence-electron chi connectivity index (χ2n) is 4.35. The lowest BCUT2D eigenvalue weighted by Crippen LogP contribution is -2.49. The van der Waals surface area contributed by atoms with Crippen molar-refractivity contribution in [3.05, 3.63) is 0 Å². The molecule has 1 heterocycles. The van der Waals surface area contributed by atoms with Crippen LogP contribution in [-0.4, -0.2) is 25.5 Å². The molecule has 1 amide bonds. The quantitative estimate of drug-likeness (QED) is 0.672. The topological polar surface area (TPSA) is 41.1 Å². The third-order valence-electron chi connectivity index (χ3n) is 2.62. The molecule has 1 aliphatic heterocycles. The normalized spacial score (nSPS) is 19.7. The Kier molecular flexibility index (Phi) is 3.72. The Hall–Kier alpha value is -0.570. The molecular formula is C10H20N2O. The lowest BCUT2D eigenvalue weighted by Gasteiger charge is -2.31. The summed E-state index contributed by atoms with van der Waals surface area (Å²) in [5, 5.41) is 6.15. The number of carbonyl (C=O) groups is 1. The van der Waals surface area contributed by atoms with Gasteiger partial charge in [-0.15, -0.1) is 0 Å². The average molecular weight is 184 g/mol. The maximum atomic E-state index is 11.5. The summed E-state index contributed by atoms with van der Waals surface area (Å²) in [6, 6.07) is 0. The summed E-state index contributed by atoms with van der Waals surface area (Å²) in [6.07, 6.45) is 0. The summed E-state index contributed by atoms with van der Waals surface area (Å²) in [4.78, 5) is 11.5. The Bertz CT molecular complexity index is 176. The third kappa shape index (κ3) is 2.99. The lowest BCUT2D eigenvalue weighted by molar-refractivity contribution is -0.126. The van der Waals surface area contributed by atoms with Crippen LogP contribution in [0.3, 0.4) is 0 Å². The van der Waals surface area contributed by atoms with E-state index >= 15 is 0 Å². The predicted molar refractivity (Wildman–Crippen MR) is 53.4 cm³/mol. The van der Waals surface area contributed by atoms with Crippen molar-refractivity contribution in [2.75, 3.05) is 19.6 Å². The number of hydrogen-bond acceptors (Lipinski definition) is 2. The molecule has 13 heavy (non-hydrogen) atoms. The molecular weight excluding hydrogens is 164 g/mol. The highest BCUT2D eigenvalue weighted by atomic mass is 16.1. The van der Waals surface area contributed by atoms with E-state index in [1.165, 1.54) is 0 Å². The van der Waals surface area contributed by atoms with Crippen LogP contribution < -0.4 is 10.6 Å². The molecule has 1 unspecified atom stereocenters. The van der Waals surface area contributed by atoms with Crippen molar-refractivity contribution in [1.82, 2.24) is 10.6 Å². The smallest absolute Gasteiger partial charge is 0.223 e. The van der Waals surface area contributed by atoms with Crippen molar-refractivity contribution in [2.45, 2.75) is 20.8 Å². The highest BCUT2D eigenvalue weighted by Gasteiger charge is 2.28. The second kappa shape index (κ2) is 4.61. The fourth-order valence-corrected chi connectivity index (χ4v) is 1.34. The highest BCUT2D eigenvalue weighted by Crippen LogP contribution is 2.15. The van der Waals surface area contributed by atoms with Gasteiger partial charge in [0.15, 0.2) is 0 Å². The zero-order valence-electron chi connectivity index (χ0n) is 8.76. The molecule has 0 spiro atoms. The van der Waals surface area contributed by atoms with Gasteiger partial charge in [-0.25, -0.2) is 0 Å². The molecule has 1 fully saturated rings. The molecule has 0 radical (unpaired) electrons. The second-order valence-corrected chi connectivity index (χ2v) is 4.35. The van der Waals surface area contributed by atoms with Crippen molar-refractivity contribution in [3.8, 4) is 0 Å². The molecule has 3 heteroatoms. The molecule has 1 rings (SSSR count). The summed E-state index contributed by atoms with van der Waals surface area (Å²) >= 11 is 0. The number of amides is 1. The van der Waals surface area contributed by atoms with Gasteiger partial charge in [0, 0.05) is 12.5 Å². The molecule has 2 N–H and O–H groups in total. The van der Waals surface area contributed by atoms with Crippen LogP contribution in [0.15, 0.2) is 0 Å². The molecule has 0 aromatic heterocycles. The number of rotatable bonds is 4. The van der Waals surface area contributed by atoms with Crippen molar-refractivity contribution >= 4 is 5.91 Å². The van der Waals surface area contributed by atoms with Gasteiger partial charge in [0.1, 0.15) is 0 Å². The first-order chi connectivity index (χ1) is 6.11. The summed E-state index contributed by atoms with van der Waals surface area (Å²) < 4.78 is 0. The van der Waals surface area contributed by atoms with Crippen LogP contribution >= 0.6 is 0 Å². The van der Waals surface area contributed by atoms with Crippen LogP contribution in [0.1, 0.15) is 20.8 Å². The molecule has 1 aliphatic rings. The van der Waals surface area contributed by atoms with E-state index in [9.17, 15) is 4.79 Å². The summed E-state index contributed by atoms with van der Waals surface area (Å²) in [5.74, 6) is 1.46. The molecule has 1 atom stereocenters. The molecule has 0 aromatic carbocycles. The van der Waals surface area contributed by atoms with Gasteiger partial charge in [-0.2, -0.15) is 0 Å². The monoisotopic (exact) mass is 184 g/mol. The number of carbonyl (C=O) groups excluding carboxylic acids is 1. The largest absolute Gasteiger partial charge is 0.356 e. The van der Waals surface area contributed by atoms with E-state index in [1.54, 1.807) is 0 Å².